The van der Waals surface area contributed by atoms with E-state index >= 15 is 0 Å². The number of rotatable bonds is 6. The summed E-state index contributed by atoms with van der Waals surface area (Å²) in [6.45, 7) is 4.57. The van der Waals surface area contributed by atoms with Crippen LogP contribution < -0.4 is 4.57 Å². The lowest BCUT2D eigenvalue weighted by Crippen LogP contribution is -2.37. The number of fused-ring (bicyclic) bond motifs is 1. The molecule has 0 aliphatic heterocycles. The molecule has 0 radical (unpaired) electrons. The summed E-state index contributed by atoms with van der Waals surface area (Å²) in [5.41, 5.74) is 3.03. The largest absolute Gasteiger partial charge is 0.457 e. The molecular formula is C24H19N2O3+. The smallest absolute Gasteiger partial charge is 0.269 e. The Balaban J connectivity index is 1.62. The van der Waals surface area contributed by atoms with Gasteiger partial charge < -0.3 is 4.42 Å². The van der Waals surface area contributed by atoms with Gasteiger partial charge in [0.25, 0.3) is 5.69 Å². The Bertz CT molecular complexity index is 1220. The minimum atomic E-state index is -0.415. The fourth-order valence-electron chi connectivity index (χ4n) is 3.27. The van der Waals surface area contributed by atoms with Gasteiger partial charge in [0.15, 0.2) is 6.54 Å². The van der Waals surface area contributed by atoms with Gasteiger partial charge in [-0.1, -0.05) is 18.7 Å². The van der Waals surface area contributed by atoms with E-state index in [1.807, 2.05) is 42.5 Å². The lowest BCUT2D eigenvalue weighted by molar-refractivity contribution is -0.662. The minimum absolute atomic E-state index is 0.0588. The molecule has 0 saturated carbocycles. The van der Waals surface area contributed by atoms with Crippen molar-refractivity contribution >= 4 is 28.7 Å². The summed E-state index contributed by atoms with van der Waals surface area (Å²) in [5, 5.41) is 12.0. The molecule has 0 spiro atoms. The Hall–Kier alpha value is -3.99. The second kappa shape index (κ2) is 7.94. The number of benzene rings is 2. The van der Waals surface area contributed by atoms with E-state index in [-0.39, 0.29) is 5.69 Å². The Kier molecular flexibility index (Phi) is 5.03. The minimum Gasteiger partial charge on any atom is -0.457 e. The van der Waals surface area contributed by atoms with Gasteiger partial charge in [0, 0.05) is 41.3 Å². The first kappa shape index (κ1) is 18.4. The van der Waals surface area contributed by atoms with Crippen LogP contribution in [0.1, 0.15) is 11.5 Å². The van der Waals surface area contributed by atoms with E-state index in [0.29, 0.717) is 18.1 Å². The van der Waals surface area contributed by atoms with E-state index in [9.17, 15) is 10.1 Å². The molecule has 0 N–H and O–H groups in total. The van der Waals surface area contributed by atoms with Crippen LogP contribution in [0, 0.1) is 10.1 Å². The first-order chi connectivity index (χ1) is 14.2. The third-order valence-corrected chi connectivity index (χ3v) is 4.69. The van der Waals surface area contributed by atoms with E-state index in [1.165, 1.54) is 17.5 Å². The predicted molar refractivity (Wildman–Crippen MR) is 114 cm³/mol. The van der Waals surface area contributed by atoms with Crippen molar-refractivity contribution in [2.75, 3.05) is 0 Å². The number of para-hydroxylation sites is 1. The maximum absolute atomic E-state index is 10.8. The fraction of sp³-hybridized carbons (Fsp3) is 0.0417. The molecule has 0 bridgehead atoms. The number of furan rings is 1. The highest BCUT2D eigenvalue weighted by Crippen LogP contribution is 2.25. The molecule has 0 amide bonds. The standard InChI is InChI=1S/C24H19N2O3/c1-2-17-25-20(10-7-18-5-3-4-6-23(18)25)13-14-22-15-16-24(29-22)19-8-11-21(12-9-19)26(27)28/h2-16H,1,17H2/q+1. The maximum Gasteiger partial charge on any atom is 0.269 e. The van der Waals surface area contributed by atoms with Crippen molar-refractivity contribution in [3.8, 4) is 11.3 Å². The number of pyridine rings is 1. The monoisotopic (exact) mass is 383 g/mol. The third-order valence-electron chi connectivity index (χ3n) is 4.69. The second-order valence-corrected chi connectivity index (χ2v) is 6.56. The van der Waals surface area contributed by atoms with Crippen LogP contribution in [0.3, 0.4) is 0 Å². The topological polar surface area (TPSA) is 60.2 Å². The molecular weight excluding hydrogens is 364 g/mol. The van der Waals surface area contributed by atoms with Gasteiger partial charge in [0.2, 0.25) is 11.2 Å². The van der Waals surface area contributed by atoms with Crippen LogP contribution in [0.2, 0.25) is 0 Å². The summed E-state index contributed by atoms with van der Waals surface area (Å²) in [6, 6.07) is 22.5. The average Bonchev–Trinajstić information content (AvgIpc) is 3.22. The Labute approximate surface area is 168 Å². The molecule has 0 unspecified atom stereocenters. The van der Waals surface area contributed by atoms with E-state index in [1.54, 1.807) is 12.1 Å². The van der Waals surface area contributed by atoms with Gasteiger partial charge in [-0.15, -0.1) is 0 Å². The van der Waals surface area contributed by atoms with E-state index < -0.39 is 4.92 Å². The average molecular weight is 383 g/mol. The van der Waals surface area contributed by atoms with Crippen LogP contribution in [0.25, 0.3) is 34.4 Å². The number of non-ortho nitro benzene ring substituents is 1. The number of allylic oxidation sites excluding steroid dienone is 1. The van der Waals surface area contributed by atoms with E-state index in [2.05, 4.69) is 35.4 Å². The molecule has 142 valence electrons. The molecule has 0 saturated heterocycles. The second-order valence-electron chi connectivity index (χ2n) is 6.56. The molecule has 2 heterocycles. The highest BCUT2D eigenvalue weighted by Gasteiger charge is 2.12. The molecule has 0 aliphatic carbocycles. The number of nitro groups is 1. The molecule has 0 fully saturated rings. The van der Waals surface area contributed by atoms with Crippen LogP contribution in [-0.2, 0) is 6.54 Å². The van der Waals surface area contributed by atoms with Crippen molar-refractivity contribution in [3.63, 3.8) is 0 Å². The fourth-order valence-corrected chi connectivity index (χ4v) is 3.27. The van der Waals surface area contributed by atoms with Gasteiger partial charge >= 0.3 is 0 Å². The van der Waals surface area contributed by atoms with Crippen LogP contribution in [-0.4, -0.2) is 4.92 Å². The van der Waals surface area contributed by atoms with Crippen LogP contribution in [0.15, 0.2) is 89.9 Å². The summed E-state index contributed by atoms with van der Waals surface area (Å²) in [5.74, 6) is 1.37. The molecule has 5 nitrogen and oxygen atoms in total. The van der Waals surface area contributed by atoms with Crippen molar-refractivity contribution in [3.05, 3.63) is 107 Å². The highest BCUT2D eigenvalue weighted by atomic mass is 16.6. The Morgan fingerprint density at radius 1 is 0.966 bits per heavy atom. The first-order valence-electron chi connectivity index (χ1n) is 9.21. The van der Waals surface area contributed by atoms with Crippen molar-refractivity contribution < 1.29 is 13.9 Å². The Morgan fingerprint density at radius 2 is 1.76 bits per heavy atom. The van der Waals surface area contributed by atoms with Gasteiger partial charge in [0.05, 0.1) is 4.92 Å². The lowest BCUT2D eigenvalue weighted by Gasteiger charge is -2.02. The van der Waals surface area contributed by atoms with Gasteiger partial charge in [-0.2, -0.15) is 4.57 Å². The lowest BCUT2D eigenvalue weighted by atomic mass is 10.1. The molecule has 2 aromatic heterocycles. The Morgan fingerprint density at radius 3 is 2.52 bits per heavy atom. The van der Waals surface area contributed by atoms with Crippen LogP contribution in [0.4, 0.5) is 5.69 Å². The van der Waals surface area contributed by atoms with Gasteiger partial charge in [-0.3, -0.25) is 10.1 Å². The maximum atomic E-state index is 10.8. The molecule has 0 aliphatic rings. The normalized spacial score (nSPS) is 11.2. The summed E-state index contributed by atoms with van der Waals surface area (Å²) in [7, 11) is 0. The number of aromatic nitrogens is 1. The van der Waals surface area contributed by atoms with Crippen molar-refractivity contribution in [1.29, 1.82) is 0 Å². The summed E-state index contributed by atoms with van der Waals surface area (Å²) in [4.78, 5) is 10.4. The highest BCUT2D eigenvalue weighted by molar-refractivity contribution is 5.77. The summed E-state index contributed by atoms with van der Waals surface area (Å²) < 4.78 is 8.09. The molecule has 4 rings (SSSR count). The zero-order chi connectivity index (χ0) is 20.2. The van der Waals surface area contributed by atoms with Gasteiger partial charge in [0.1, 0.15) is 11.5 Å². The molecule has 2 aromatic carbocycles. The zero-order valence-electron chi connectivity index (χ0n) is 15.7. The van der Waals surface area contributed by atoms with Crippen molar-refractivity contribution in [2.24, 2.45) is 0 Å². The first-order valence-corrected chi connectivity index (χ1v) is 9.21. The number of nitrogens with zero attached hydrogens (tertiary/aromatic N) is 2. The quantitative estimate of drug-likeness (QED) is 0.187. The number of hydrogen-bond acceptors (Lipinski definition) is 3. The van der Waals surface area contributed by atoms with E-state index in [4.69, 9.17) is 4.42 Å². The molecule has 0 atom stereocenters. The molecule has 5 heteroatoms. The summed E-state index contributed by atoms with van der Waals surface area (Å²) in [6.07, 6.45) is 5.80. The van der Waals surface area contributed by atoms with Crippen molar-refractivity contribution in [2.45, 2.75) is 6.54 Å². The SMILES string of the molecule is C=CC[n+]1c(C=Cc2ccc(-c3ccc([N+](=O)[O-])cc3)o2)ccc2ccccc21. The predicted octanol–water partition coefficient (Wildman–Crippen LogP) is 5.65. The third kappa shape index (κ3) is 3.84. The van der Waals surface area contributed by atoms with Gasteiger partial charge in [-0.05, 0) is 48.6 Å². The zero-order valence-corrected chi connectivity index (χ0v) is 15.7. The molecule has 29 heavy (non-hydrogen) atoms. The van der Waals surface area contributed by atoms with Gasteiger partial charge in [-0.25, -0.2) is 0 Å². The van der Waals surface area contributed by atoms with Crippen LogP contribution in [0.5, 0.6) is 0 Å². The van der Waals surface area contributed by atoms with E-state index in [0.717, 1.165) is 16.8 Å². The number of nitro benzene ring substituents is 1. The van der Waals surface area contributed by atoms with Crippen LogP contribution >= 0.6 is 0 Å². The van der Waals surface area contributed by atoms with Crippen molar-refractivity contribution in [1.82, 2.24) is 0 Å². The molecule has 4 aromatic rings. The summed E-state index contributed by atoms with van der Waals surface area (Å²) >= 11 is 0. The number of hydrogen-bond donors (Lipinski definition) is 0.